The van der Waals surface area contributed by atoms with Crippen molar-refractivity contribution in [2.24, 2.45) is 12.8 Å². The number of hydrogen-bond acceptors (Lipinski definition) is 2. The Morgan fingerprint density at radius 1 is 1.08 bits per heavy atom. The van der Waals surface area contributed by atoms with Crippen molar-refractivity contribution in [1.82, 2.24) is 9.47 Å². The molecular weight excluding hydrogens is 350 g/mol. The molecule has 26 heavy (non-hydrogen) atoms. The van der Waals surface area contributed by atoms with Crippen LogP contribution in [0.4, 0.5) is 0 Å². The van der Waals surface area contributed by atoms with E-state index in [4.69, 9.17) is 17.3 Å². The second-order valence-corrected chi connectivity index (χ2v) is 6.94. The van der Waals surface area contributed by atoms with Crippen molar-refractivity contribution in [3.05, 3.63) is 70.4 Å². The molecule has 0 unspecified atom stereocenters. The summed E-state index contributed by atoms with van der Waals surface area (Å²) in [6, 6.07) is 14.7. The van der Waals surface area contributed by atoms with E-state index in [1.807, 2.05) is 48.5 Å². The van der Waals surface area contributed by atoms with Gasteiger partial charge >= 0.3 is 0 Å². The minimum Gasteiger partial charge on any atom is -0.368 e. The zero-order valence-corrected chi connectivity index (χ0v) is 15.0. The molecule has 0 fully saturated rings. The summed E-state index contributed by atoms with van der Waals surface area (Å²) in [4.78, 5) is 26.9. The molecule has 132 valence electrons. The van der Waals surface area contributed by atoms with Gasteiger partial charge in [-0.25, -0.2) is 0 Å². The minimum absolute atomic E-state index is 0.285. The predicted octanol–water partition coefficient (Wildman–Crippen LogP) is 2.88. The maximum Gasteiger partial charge on any atom is 0.273 e. The van der Waals surface area contributed by atoms with Crippen LogP contribution >= 0.6 is 11.6 Å². The zero-order chi connectivity index (χ0) is 18.4. The lowest BCUT2D eigenvalue weighted by Gasteiger charge is -2.35. The molecule has 1 atom stereocenters. The minimum atomic E-state index is -0.688. The van der Waals surface area contributed by atoms with Crippen LogP contribution < -0.4 is 5.73 Å². The van der Waals surface area contributed by atoms with Crippen LogP contribution in [0.1, 0.15) is 21.6 Å². The molecule has 0 aliphatic carbocycles. The van der Waals surface area contributed by atoms with E-state index in [1.165, 1.54) is 4.90 Å². The van der Waals surface area contributed by atoms with Gasteiger partial charge in [0.15, 0.2) is 0 Å². The van der Waals surface area contributed by atoms with Crippen LogP contribution in [0.5, 0.6) is 0 Å². The van der Waals surface area contributed by atoms with Gasteiger partial charge in [-0.15, -0.1) is 0 Å². The number of halogens is 1. The first-order valence-electron chi connectivity index (χ1n) is 8.39. The van der Waals surface area contributed by atoms with E-state index in [9.17, 15) is 9.59 Å². The van der Waals surface area contributed by atoms with E-state index < -0.39 is 11.9 Å². The van der Waals surface area contributed by atoms with Gasteiger partial charge in [-0.3, -0.25) is 9.59 Å². The Morgan fingerprint density at radius 3 is 2.42 bits per heavy atom. The van der Waals surface area contributed by atoms with Gasteiger partial charge in [0, 0.05) is 30.9 Å². The average Bonchev–Trinajstić information content (AvgIpc) is 2.91. The topological polar surface area (TPSA) is 68.3 Å². The van der Waals surface area contributed by atoms with Crippen molar-refractivity contribution in [2.75, 3.05) is 0 Å². The molecular formula is C20H18ClN3O2. The fourth-order valence-electron chi connectivity index (χ4n) is 3.71. The lowest BCUT2D eigenvalue weighted by molar-refractivity contribution is -0.122. The van der Waals surface area contributed by atoms with Crippen molar-refractivity contribution in [1.29, 1.82) is 0 Å². The first-order chi connectivity index (χ1) is 12.5. The highest BCUT2D eigenvalue weighted by Gasteiger charge is 2.36. The smallest absolute Gasteiger partial charge is 0.273 e. The van der Waals surface area contributed by atoms with Gasteiger partial charge in [0.25, 0.3) is 5.91 Å². The molecule has 5 nitrogen and oxygen atoms in total. The van der Waals surface area contributed by atoms with Gasteiger partial charge < -0.3 is 15.2 Å². The van der Waals surface area contributed by atoms with Crippen molar-refractivity contribution in [3.63, 3.8) is 0 Å². The number of amides is 2. The largest absolute Gasteiger partial charge is 0.368 e. The molecule has 1 aromatic heterocycles. The molecule has 2 aromatic carbocycles. The van der Waals surface area contributed by atoms with Crippen LogP contribution in [0.2, 0.25) is 5.02 Å². The molecule has 1 aliphatic rings. The number of hydrogen-bond donors (Lipinski definition) is 1. The van der Waals surface area contributed by atoms with Gasteiger partial charge in [-0.1, -0.05) is 54.1 Å². The van der Waals surface area contributed by atoms with Crippen LogP contribution in [0.25, 0.3) is 10.9 Å². The summed E-state index contributed by atoms with van der Waals surface area (Å²) >= 11 is 6.52. The van der Waals surface area contributed by atoms with E-state index in [2.05, 4.69) is 0 Å². The fourth-order valence-corrected chi connectivity index (χ4v) is 4.08. The summed E-state index contributed by atoms with van der Waals surface area (Å²) in [5.74, 6) is -0.797. The van der Waals surface area contributed by atoms with Crippen LogP contribution in [0, 0.1) is 0 Å². The molecule has 0 saturated carbocycles. The van der Waals surface area contributed by atoms with Gasteiger partial charge in [0.2, 0.25) is 5.91 Å². The van der Waals surface area contributed by atoms with Gasteiger partial charge in [0.1, 0.15) is 11.7 Å². The highest BCUT2D eigenvalue weighted by molar-refractivity contribution is 6.38. The average molecular weight is 368 g/mol. The number of aromatic nitrogens is 1. The van der Waals surface area contributed by atoms with Crippen molar-refractivity contribution < 1.29 is 9.59 Å². The maximum atomic E-state index is 13.3. The monoisotopic (exact) mass is 367 g/mol. The van der Waals surface area contributed by atoms with Gasteiger partial charge in [-0.05, 0) is 17.2 Å². The Bertz CT molecular complexity index is 1000. The van der Waals surface area contributed by atoms with Crippen LogP contribution in [0.15, 0.2) is 48.5 Å². The predicted molar refractivity (Wildman–Crippen MR) is 101 cm³/mol. The number of carbonyl (C=O) groups excluding carboxylic acids is 2. The zero-order valence-electron chi connectivity index (χ0n) is 14.3. The molecule has 4 rings (SSSR count). The molecule has 0 spiro atoms. The number of nitrogens with two attached hydrogens (primary N) is 1. The summed E-state index contributed by atoms with van der Waals surface area (Å²) in [6.07, 6.45) is 0.415. The summed E-state index contributed by atoms with van der Waals surface area (Å²) in [5.41, 5.74) is 8.92. The molecule has 0 bridgehead atoms. The van der Waals surface area contributed by atoms with Crippen molar-refractivity contribution in [3.8, 4) is 0 Å². The Hall–Kier alpha value is -2.79. The third-order valence-corrected chi connectivity index (χ3v) is 5.47. The summed E-state index contributed by atoms with van der Waals surface area (Å²) in [5, 5.41) is 1.21. The second-order valence-electron chi connectivity index (χ2n) is 6.56. The highest BCUT2D eigenvalue weighted by atomic mass is 35.5. The molecule has 2 heterocycles. The summed E-state index contributed by atoms with van der Waals surface area (Å²) < 4.78 is 1.78. The van der Waals surface area contributed by atoms with E-state index in [0.29, 0.717) is 23.7 Å². The third-order valence-electron chi connectivity index (χ3n) is 5.09. The number of primary amides is 1. The third kappa shape index (κ3) is 2.47. The van der Waals surface area contributed by atoms with E-state index in [-0.39, 0.29) is 5.91 Å². The number of aryl methyl sites for hydroxylation is 1. The van der Waals surface area contributed by atoms with E-state index in [0.717, 1.165) is 22.0 Å². The van der Waals surface area contributed by atoms with Crippen molar-refractivity contribution >= 4 is 34.3 Å². The molecule has 1 aliphatic heterocycles. The summed E-state index contributed by atoms with van der Waals surface area (Å²) in [7, 11) is 1.80. The second kappa shape index (κ2) is 6.18. The van der Waals surface area contributed by atoms with Gasteiger partial charge in [-0.2, -0.15) is 0 Å². The first-order valence-corrected chi connectivity index (χ1v) is 8.77. The van der Waals surface area contributed by atoms with E-state index >= 15 is 0 Å². The first kappa shape index (κ1) is 16.7. The molecule has 2 amide bonds. The lowest BCUT2D eigenvalue weighted by Crippen LogP contribution is -2.51. The Labute approximate surface area is 155 Å². The normalized spacial score (nSPS) is 16.5. The highest BCUT2D eigenvalue weighted by Crippen LogP contribution is 2.33. The quantitative estimate of drug-likeness (QED) is 0.756. The van der Waals surface area contributed by atoms with Crippen LogP contribution in [0.3, 0.4) is 0 Å². The Morgan fingerprint density at radius 2 is 1.73 bits per heavy atom. The number of fused-ring (bicyclic) bond motifs is 2. The SMILES string of the molecule is Cn1c(C(=O)N2Cc3ccccc3C[C@H]2C(N)=O)c(Cl)c2ccccc21. The van der Waals surface area contributed by atoms with Crippen LogP contribution in [-0.2, 0) is 24.8 Å². The fraction of sp³-hybridized carbons (Fsp3) is 0.200. The summed E-state index contributed by atoms with van der Waals surface area (Å²) in [6.45, 7) is 0.334. The van der Waals surface area contributed by atoms with Crippen LogP contribution in [-0.4, -0.2) is 27.3 Å². The maximum absolute atomic E-state index is 13.3. The number of benzene rings is 2. The molecule has 0 saturated heterocycles. The van der Waals surface area contributed by atoms with Crippen molar-refractivity contribution in [2.45, 2.75) is 19.0 Å². The standard InChI is InChI=1S/C20H18ClN3O2/c1-23-15-9-5-4-8-14(15)17(21)18(23)20(26)24-11-13-7-3-2-6-12(13)10-16(24)19(22)25/h2-9,16H,10-11H2,1H3,(H2,22,25)/t16-/m0/s1. The Balaban J connectivity index is 1.81. The molecule has 0 radical (unpaired) electrons. The lowest BCUT2D eigenvalue weighted by atomic mass is 9.93. The van der Waals surface area contributed by atoms with Gasteiger partial charge in [0.05, 0.1) is 5.02 Å². The molecule has 3 aromatic rings. The number of nitrogens with zero attached hydrogens (tertiary/aromatic N) is 2. The van der Waals surface area contributed by atoms with E-state index in [1.54, 1.807) is 11.6 Å². The number of carbonyl (C=O) groups is 2. The number of para-hydroxylation sites is 1. The molecule has 6 heteroatoms. The Kier molecular flexibility index (Phi) is 3.96. The number of rotatable bonds is 2. The molecule has 2 N–H and O–H groups in total.